The predicted octanol–water partition coefficient (Wildman–Crippen LogP) is 5.48. The number of thiol groups is 2. The van der Waals surface area contributed by atoms with E-state index in [2.05, 4.69) is 39.1 Å². The average Bonchev–Trinajstić information content (AvgIpc) is 2.17. The monoisotopic (exact) mass is 248 g/mol. The topological polar surface area (TPSA) is 0 Å². The zero-order valence-corrected chi connectivity index (χ0v) is 12.3. The van der Waals surface area contributed by atoms with E-state index in [9.17, 15) is 0 Å². The Hall–Kier alpha value is 0.700. The number of rotatable bonds is 10. The Labute approximate surface area is 107 Å². The van der Waals surface area contributed by atoms with Crippen molar-refractivity contribution in [1.82, 2.24) is 0 Å². The fraction of sp³-hybridized carbons (Fsp3) is 1.00. The summed E-state index contributed by atoms with van der Waals surface area (Å²) in [4.78, 5) is 0. The third-order valence-electron chi connectivity index (χ3n) is 2.86. The van der Waals surface area contributed by atoms with Crippen molar-refractivity contribution in [3.05, 3.63) is 0 Å². The van der Waals surface area contributed by atoms with Gasteiger partial charge in [-0.3, -0.25) is 0 Å². The molecular formula is C13H28S2. The van der Waals surface area contributed by atoms with Crippen molar-refractivity contribution in [2.24, 2.45) is 0 Å². The normalized spacial score (nSPS) is 12.0. The van der Waals surface area contributed by atoms with Crippen LogP contribution >= 0.6 is 25.3 Å². The smallest absolute Gasteiger partial charge is 0.0552 e. The highest BCUT2D eigenvalue weighted by Crippen LogP contribution is 2.32. The molecule has 0 fully saturated rings. The SMILES string of the molecule is CCCCCCCC(S)(S)CCCCC. The van der Waals surface area contributed by atoms with Crippen molar-refractivity contribution in [3.63, 3.8) is 0 Å². The van der Waals surface area contributed by atoms with E-state index in [1.807, 2.05) is 0 Å². The molecule has 0 aromatic carbocycles. The molecule has 0 aliphatic carbocycles. The molecule has 0 aromatic heterocycles. The maximum absolute atomic E-state index is 4.65. The second kappa shape index (κ2) is 9.89. The molecule has 0 amide bonds. The largest absolute Gasteiger partial charge is 0.162 e. The van der Waals surface area contributed by atoms with Crippen LogP contribution in [0.2, 0.25) is 0 Å². The minimum Gasteiger partial charge on any atom is -0.162 e. The molecule has 15 heavy (non-hydrogen) atoms. The fourth-order valence-corrected chi connectivity index (χ4v) is 2.43. The van der Waals surface area contributed by atoms with Crippen LogP contribution < -0.4 is 0 Å². The second-order valence-corrected chi connectivity index (χ2v) is 6.67. The first-order chi connectivity index (χ1) is 7.12. The average molecular weight is 249 g/mol. The molecule has 0 aliphatic heterocycles. The number of hydrogen-bond donors (Lipinski definition) is 2. The van der Waals surface area contributed by atoms with Crippen LogP contribution in [0.4, 0.5) is 0 Å². The highest BCUT2D eigenvalue weighted by atomic mass is 32.2. The zero-order valence-electron chi connectivity index (χ0n) is 10.5. The molecule has 0 atom stereocenters. The Bertz CT molecular complexity index is 132. The van der Waals surface area contributed by atoms with Gasteiger partial charge in [-0.1, -0.05) is 65.2 Å². The molecule has 0 aliphatic rings. The first-order valence-corrected chi connectivity index (χ1v) is 7.46. The molecule has 0 unspecified atom stereocenters. The lowest BCUT2D eigenvalue weighted by atomic mass is 10.0. The third-order valence-corrected chi connectivity index (χ3v) is 3.76. The molecule has 0 nitrogen and oxygen atoms in total. The highest BCUT2D eigenvalue weighted by Gasteiger charge is 2.18. The molecule has 0 rings (SSSR count). The minimum absolute atomic E-state index is 0.0125. The molecule has 0 N–H and O–H groups in total. The lowest BCUT2D eigenvalue weighted by molar-refractivity contribution is 0.546. The fourth-order valence-electron chi connectivity index (χ4n) is 1.79. The molecule has 0 spiro atoms. The van der Waals surface area contributed by atoms with Crippen molar-refractivity contribution in [1.29, 1.82) is 0 Å². The lowest BCUT2D eigenvalue weighted by Crippen LogP contribution is -2.12. The molecule has 0 aromatic rings. The Balaban J connectivity index is 3.38. The number of unbranched alkanes of at least 4 members (excludes halogenated alkanes) is 6. The highest BCUT2D eigenvalue weighted by molar-refractivity contribution is 8.00. The third kappa shape index (κ3) is 11.0. The molecule has 0 saturated heterocycles. The van der Waals surface area contributed by atoms with Gasteiger partial charge in [0.05, 0.1) is 4.08 Å². The van der Waals surface area contributed by atoms with E-state index in [0.717, 1.165) is 12.8 Å². The van der Waals surface area contributed by atoms with Gasteiger partial charge in [0.2, 0.25) is 0 Å². The van der Waals surface area contributed by atoms with E-state index in [1.54, 1.807) is 0 Å². The summed E-state index contributed by atoms with van der Waals surface area (Å²) in [5.74, 6) is 0. The van der Waals surface area contributed by atoms with Crippen molar-refractivity contribution in [2.75, 3.05) is 0 Å². The van der Waals surface area contributed by atoms with Crippen molar-refractivity contribution >= 4 is 25.3 Å². The Morgan fingerprint density at radius 3 is 1.60 bits per heavy atom. The van der Waals surface area contributed by atoms with Crippen LogP contribution in [0.1, 0.15) is 78.1 Å². The summed E-state index contributed by atoms with van der Waals surface area (Å²) < 4.78 is -0.0125. The van der Waals surface area contributed by atoms with E-state index in [1.165, 1.54) is 51.4 Å². The molecule has 0 saturated carbocycles. The van der Waals surface area contributed by atoms with Crippen LogP contribution in [0.5, 0.6) is 0 Å². The summed E-state index contributed by atoms with van der Waals surface area (Å²) in [6, 6.07) is 0. The van der Waals surface area contributed by atoms with Crippen LogP contribution in [0.15, 0.2) is 0 Å². The molecule has 0 radical (unpaired) electrons. The van der Waals surface area contributed by atoms with Gasteiger partial charge in [0.25, 0.3) is 0 Å². The summed E-state index contributed by atoms with van der Waals surface area (Å²) in [5.41, 5.74) is 0. The van der Waals surface area contributed by atoms with Gasteiger partial charge in [-0.25, -0.2) is 0 Å². The van der Waals surface area contributed by atoms with Crippen molar-refractivity contribution in [2.45, 2.75) is 82.1 Å². The molecular weight excluding hydrogens is 220 g/mol. The quantitative estimate of drug-likeness (QED) is 0.285. The predicted molar refractivity (Wildman–Crippen MR) is 78.2 cm³/mol. The first kappa shape index (κ1) is 15.7. The molecule has 0 bridgehead atoms. The van der Waals surface area contributed by atoms with Crippen LogP contribution in [0, 0.1) is 0 Å². The van der Waals surface area contributed by atoms with Gasteiger partial charge in [-0.2, -0.15) is 25.3 Å². The van der Waals surface area contributed by atoms with E-state index in [4.69, 9.17) is 0 Å². The van der Waals surface area contributed by atoms with Gasteiger partial charge >= 0.3 is 0 Å². The summed E-state index contributed by atoms with van der Waals surface area (Å²) >= 11 is 9.30. The first-order valence-electron chi connectivity index (χ1n) is 6.57. The van der Waals surface area contributed by atoms with E-state index in [0.29, 0.717) is 0 Å². The van der Waals surface area contributed by atoms with Gasteiger partial charge in [-0.05, 0) is 12.8 Å². The van der Waals surface area contributed by atoms with Crippen LogP contribution in [0.3, 0.4) is 0 Å². The maximum atomic E-state index is 4.65. The van der Waals surface area contributed by atoms with Crippen LogP contribution in [0.25, 0.3) is 0 Å². The maximum Gasteiger partial charge on any atom is 0.0552 e. The number of hydrogen-bond acceptors (Lipinski definition) is 2. The van der Waals surface area contributed by atoms with Crippen LogP contribution in [-0.2, 0) is 0 Å². The second-order valence-electron chi connectivity index (χ2n) is 4.60. The Morgan fingerprint density at radius 1 is 0.667 bits per heavy atom. The summed E-state index contributed by atoms with van der Waals surface area (Å²) in [5, 5.41) is 0. The standard InChI is InChI=1S/C13H28S2/c1-3-5-7-8-10-12-13(14,15)11-9-6-4-2/h14-15H,3-12H2,1-2H3. The van der Waals surface area contributed by atoms with Gasteiger partial charge in [0.15, 0.2) is 0 Å². The summed E-state index contributed by atoms with van der Waals surface area (Å²) in [6.07, 6.45) is 12.9. The summed E-state index contributed by atoms with van der Waals surface area (Å²) in [7, 11) is 0. The van der Waals surface area contributed by atoms with E-state index in [-0.39, 0.29) is 4.08 Å². The van der Waals surface area contributed by atoms with Gasteiger partial charge in [0, 0.05) is 0 Å². The van der Waals surface area contributed by atoms with Crippen LogP contribution in [-0.4, -0.2) is 4.08 Å². The van der Waals surface area contributed by atoms with Gasteiger partial charge in [0.1, 0.15) is 0 Å². The zero-order chi connectivity index (χ0) is 11.6. The summed E-state index contributed by atoms with van der Waals surface area (Å²) in [6.45, 7) is 4.50. The Kier molecular flexibility index (Phi) is 10.4. The van der Waals surface area contributed by atoms with E-state index < -0.39 is 0 Å². The Morgan fingerprint density at radius 2 is 1.07 bits per heavy atom. The molecule has 92 valence electrons. The van der Waals surface area contributed by atoms with Crippen molar-refractivity contribution in [3.8, 4) is 0 Å². The van der Waals surface area contributed by atoms with Gasteiger partial charge in [-0.15, -0.1) is 0 Å². The molecule has 2 heteroatoms. The lowest BCUT2D eigenvalue weighted by Gasteiger charge is -2.22. The van der Waals surface area contributed by atoms with Gasteiger partial charge < -0.3 is 0 Å². The molecule has 0 heterocycles. The minimum atomic E-state index is -0.0125. The van der Waals surface area contributed by atoms with E-state index >= 15 is 0 Å². The van der Waals surface area contributed by atoms with Crippen molar-refractivity contribution < 1.29 is 0 Å².